The topological polar surface area (TPSA) is 6.48 Å². The molecule has 0 radical (unpaired) electrons. The summed E-state index contributed by atoms with van der Waals surface area (Å²) >= 11 is 0. The number of nitrogens with zero attached hydrogens (tertiary/aromatic N) is 2. The van der Waals surface area contributed by atoms with Crippen molar-refractivity contribution in [1.29, 1.82) is 0 Å². The molecule has 15 heavy (non-hydrogen) atoms. The monoisotopic (exact) mass is 212 g/mol. The number of hydrogen-bond donors (Lipinski definition) is 0. The second-order valence-corrected chi connectivity index (χ2v) is 5.28. The maximum atomic E-state index is 2.57. The molecule has 0 aromatic heterocycles. The van der Waals surface area contributed by atoms with E-state index in [1.165, 1.54) is 58.0 Å². The first-order valence-corrected chi connectivity index (χ1v) is 6.55. The third-order valence-corrected chi connectivity index (χ3v) is 3.60. The standard InChI is InChI=1S/C13H28N2/c1-14(2)11-12-15(3)13-9-7-5-4-6-8-10-13/h13H,4-12H2,1-3H3. The molecule has 0 aromatic carbocycles. The van der Waals surface area contributed by atoms with Crippen LogP contribution in [0.3, 0.4) is 0 Å². The van der Waals surface area contributed by atoms with Gasteiger partial charge in [-0.05, 0) is 34.0 Å². The van der Waals surface area contributed by atoms with Gasteiger partial charge in [0.05, 0.1) is 0 Å². The van der Waals surface area contributed by atoms with E-state index >= 15 is 0 Å². The van der Waals surface area contributed by atoms with Crippen LogP contribution in [0.2, 0.25) is 0 Å². The molecule has 1 fully saturated rings. The molecule has 0 atom stereocenters. The molecule has 0 aromatic rings. The Hall–Kier alpha value is -0.0800. The molecule has 2 heteroatoms. The van der Waals surface area contributed by atoms with E-state index in [1.54, 1.807) is 0 Å². The molecule has 1 saturated carbocycles. The Balaban J connectivity index is 2.25. The van der Waals surface area contributed by atoms with Gasteiger partial charge in [0.2, 0.25) is 0 Å². The molecule has 1 aliphatic rings. The predicted octanol–water partition coefficient (Wildman–Crippen LogP) is 2.59. The predicted molar refractivity (Wildman–Crippen MR) is 67.3 cm³/mol. The first-order chi connectivity index (χ1) is 7.20. The van der Waals surface area contributed by atoms with Crippen molar-refractivity contribution >= 4 is 0 Å². The molecule has 0 bridgehead atoms. The van der Waals surface area contributed by atoms with Crippen LogP contribution in [0.25, 0.3) is 0 Å². The van der Waals surface area contributed by atoms with Crippen LogP contribution >= 0.6 is 0 Å². The Labute approximate surface area is 95.6 Å². The minimum Gasteiger partial charge on any atom is -0.308 e. The fourth-order valence-electron chi connectivity index (χ4n) is 2.42. The normalized spacial score (nSPS) is 20.6. The lowest BCUT2D eigenvalue weighted by molar-refractivity contribution is 0.186. The second-order valence-electron chi connectivity index (χ2n) is 5.28. The SMILES string of the molecule is CN(C)CCN(C)C1CCCCCCC1. The smallest absolute Gasteiger partial charge is 0.0109 e. The molecular formula is C13H28N2. The minimum absolute atomic E-state index is 0.852. The van der Waals surface area contributed by atoms with E-state index in [4.69, 9.17) is 0 Å². The van der Waals surface area contributed by atoms with Crippen LogP contribution in [0.1, 0.15) is 44.9 Å². The highest BCUT2D eigenvalue weighted by Crippen LogP contribution is 2.20. The van der Waals surface area contributed by atoms with Gasteiger partial charge in [-0.15, -0.1) is 0 Å². The van der Waals surface area contributed by atoms with Crippen molar-refractivity contribution < 1.29 is 0 Å². The zero-order chi connectivity index (χ0) is 11.1. The van der Waals surface area contributed by atoms with Crippen molar-refractivity contribution in [1.82, 2.24) is 9.80 Å². The Morgan fingerprint density at radius 3 is 1.87 bits per heavy atom. The molecule has 1 rings (SSSR count). The van der Waals surface area contributed by atoms with Crippen LogP contribution in [0, 0.1) is 0 Å². The van der Waals surface area contributed by atoms with Crippen LogP contribution < -0.4 is 0 Å². The summed E-state index contributed by atoms with van der Waals surface area (Å²) in [7, 11) is 6.62. The van der Waals surface area contributed by atoms with Crippen molar-refractivity contribution in [3.05, 3.63) is 0 Å². The largest absolute Gasteiger partial charge is 0.308 e. The van der Waals surface area contributed by atoms with E-state index in [1.807, 2.05) is 0 Å². The molecule has 0 heterocycles. The Bertz CT molecular complexity index is 149. The number of likely N-dealkylation sites (N-methyl/N-ethyl adjacent to an activating group) is 2. The zero-order valence-corrected chi connectivity index (χ0v) is 10.8. The fraction of sp³-hybridized carbons (Fsp3) is 1.00. The quantitative estimate of drug-likeness (QED) is 0.707. The van der Waals surface area contributed by atoms with Crippen LogP contribution in [-0.2, 0) is 0 Å². The van der Waals surface area contributed by atoms with Crippen LogP contribution in [0.15, 0.2) is 0 Å². The first-order valence-electron chi connectivity index (χ1n) is 6.55. The summed E-state index contributed by atoms with van der Waals surface area (Å²) in [5.41, 5.74) is 0. The van der Waals surface area contributed by atoms with Crippen molar-refractivity contribution in [2.45, 2.75) is 51.0 Å². The molecule has 1 aliphatic carbocycles. The zero-order valence-electron chi connectivity index (χ0n) is 10.8. The van der Waals surface area contributed by atoms with Crippen LogP contribution in [-0.4, -0.2) is 50.1 Å². The lowest BCUT2D eigenvalue weighted by Gasteiger charge is -2.30. The highest BCUT2D eigenvalue weighted by Gasteiger charge is 2.15. The van der Waals surface area contributed by atoms with Gasteiger partial charge in [0, 0.05) is 19.1 Å². The summed E-state index contributed by atoms with van der Waals surface area (Å²) in [6.45, 7) is 2.41. The van der Waals surface area contributed by atoms with Gasteiger partial charge in [-0.2, -0.15) is 0 Å². The molecule has 90 valence electrons. The highest BCUT2D eigenvalue weighted by molar-refractivity contribution is 4.71. The second kappa shape index (κ2) is 7.24. The van der Waals surface area contributed by atoms with Crippen molar-refractivity contribution in [3.63, 3.8) is 0 Å². The van der Waals surface area contributed by atoms with Crippen molar-refractivity contribution in [2.75, 3.05) is 34.2 Å². The van der Waals surface area contributed by atoms with Gasteiger partial charge in [0.1, 0.15) is 0 Å². The van der Waals surface area contributed by atoms with Gasteiger partial charge in [-0.1, -0.05) is 32.1 Å². The van der Waals surface area contributed by atoms with E-state index in [0.29, 0.717) is 0 Å². The molecule has 0 unspecified atom stereocenters. The third kappa shape index (κ3) is 5.53. The van der Waals surface area contributed by atoms with Gasteiger partial charge >= 0.3 is 0 Å². The Morgan fingerprint density at radius 2 is 1.33 bits per heavy atom. The average molecular weight is 212 g/mol. The van der Waals surface area contributed by atoms with Gasteiger partial charge in [-0.25, -0.2) is 0 Å². The number of hydrogen-bond acceptors (Lipinski definition) is 2. The Morgan fingerprint density at radius 1 is 0.800 bits per heavy atom. The van der Waals surface area contributed by atoms with Gasteiger partial charge in [0.15, 0.2) is 0 Å². The van der Waals surface area contributed by atoms with Gasteiger partial charge < -0.3 is 9.80 Å². The summed E-state index contributed by atoms with van der Waals surface area (Å²) in [6.07, 6.45) is 10.1. The Kier molecular flexibility index (Phi) is 6.26. The maximum Gasteiger partial charge on any atom is 0.0109 e. The lowest BCUT2D eigenvalue weighted by Crippen LogP contribution is -2.37. The van der Waals surface area contributed by atoms with E-state index < -0.39 is 0 Å². The summed E-state index contributed by atoms with van der Waals surface area (Å²) in [4.78, 5) is 4.85. The summed E-state index contributed by atoms with van der Waals surface area (Å²) in [6, 6.07) is 0.852. The first kappa shape index (κ1) is 13.0. The molecular weight excluding hydrogens is 184 g/mol. The summed E-state index contributed by atoms with van der Waals surface area (Å²) < 4.78 is 0. The molecule has 0 saturated heterocycles. The molecule has 0 spiro atoms. The highest BCUT2D eigenvalue weighted by atomic mass is 15.2. The minimum atomic E-state index is 0.852. The van der Waals surface area contributed by atoms with Crippen LogP contribution in [0.4, 0.5) is 0 Å². The lowest BCUT2D eigenvalue weighted by atomic mass is 9.96. The van der Waals surface area contributed by atoms with E-state index in [9.17, 15) is 0 Å². The molecule has 2 nitrogen and oxygen atoms in total. The van der Waals surface area contributed by atoms with Gasteiger partial charge in [0.25, 0.3) is 0 Å². The van der Waals surface area contributed by atoms with E-state index in [0.717, 1.165) is 6.04 Å². The maximum absolute atomic E-state index is 2.57. The average Bonchev–Trinajstić information content (AvgIpc) is 2.13. The van der Waals surface area contributed by atoms with E-state index in [2.05, 4.69) is 30.9 Å². The summed E-state index contributed by atoms with van der Waals surface area (Å²) in [5.74, 6) is 0. The van der Waals surface area contributed by atoms with Gasteiger partial charge in [-0.3, -0.25) is 0 Å². The number of rotatable bonds is 4. The molecule has 0 N–H and O–H groups in total. The van der Waals surface area contributed by atoms with Crippen molar-refractivity contribution in [3.8, 4) is 0 Å². The van der Waals surface area contributed by atoms with Crippen molar-refractivity contribution in [2.24, 2.45) is 0 Å². The van der Waals surface area contributed by atoms with Crippen LogP contribution in [0.5, 0.6) is 0 Å². The fourth-order valence-corrected chi connectivity index (χ4v) is 2.42. The third-order valence-electron chi connectivity index (χ3n) is 3.60. The summed E-state index contributed by atoms with van der Waals surface area (Å²) in [5, 5.41) is 0. The molecule has 0 aliphatic heterocycles. The molecule has 0 amide bonds. The van der Waals surface area contributed by atoms with E-state index in [-0.39, 0.29) is 0 Å².